The van der Waals surface area contributed by atoms with Gasteiger partial charge in [-0.05, 0) is 25.5 Å². The first-order chi connectivity index (χ1) is 20.5. The van der Waals surface area contributed by atoms with Crippen molar-refractivity contribution in [2.45, 2.75) is 104 Å². The smallest absolute Gasteiger partial charge is 0.338 e. The number of ketones is 1. The first-order valence-electron chi connectivity index (χ1n) is 14.7. The van der Waals surface area contributed by atoms with Gasteiger partial charge in [-0.25, -0.2) is 4.79 Å². The summed E-state index contributed by atoms with van der Waals surface area (Å²) in [6, 6.07) is 8.43. The first kappa shape index (κ1) is 34.6. The predicted molar refractivity (Wildman–Crippen MR) is 151 cm³/mol. The Morgan fingerprint density at radius 3 is 2.09 bits per heavy atom. The highest BCUT2D eigenvalue weighted by molar-refractivity contribution is 5.89. The Bertz CT molecular complexity index is 1080. The quantitative estimate of drug-likeness (QED) is 0.184. The molecule has 2 saturated heterocycles. The van der Waals surface area contributed by atoms with E-state index in [1.807, 2.05) is 13.8 Å². The third-order valence-electron chi connectivity index (χ3n) is 7.61. The van der Waals surface area contributed by atoms with Gasteiger partial charge in [0.25, 0.3) is 0 Å². The van der Waals surface area contributed by atoms with Crippen LogP contribution >= 0.6 is 0 Å². The van der Waals surface area contributed by atoms with E-state index in [4.69, 9.17) is 37.9 Å². The van der Waals surface area contributed by atoms with Crippen LogP contribution in [0.5, 0.6) is 0 Å². The number of hydrogen-bond acceptors (Lipinski definition) is 12. The van der Waals surface area contributed by atoms with Crippen LogP contribution in [-0.4, -0.2) is 93.2 Å². The largest absolute Gasteiger partial charge is 0.463 e. The second kappa shape index (κ2) is 16.2. The van der Waals surface area contributed by atoms with Crippen LogP contribution in [0.4, 0.5) is 0 Å². The number of carbonyl (C=O) groups excluding carboxylic acids is 4. The fourth-order valence-corrected chi connectivity index (χ4v) is 5.44. The Hall–Kier alpha value is -2.90. The molecule has 240 valence electrons. The van der Waals surface area contributed by atoms with Gasteiger partial charge in [-0.2, -0.15) is 0 Å². The van der Waals surface area contributed by atoms with E-state index >= 15 is 0 Å². The molecule has 5 unspecified atom stereocenters. The van der Waals surface area contributed by atoms with Crippen molar-refractivity contribution in [2.75, 3.05) is 20.3 Å². The molecule has 0 N–H and O–H groups in total. The maximum Gasteiger partial charge on any atom is 0.338 e. The molecule has 0 aliphatic carbocycles. The summed E-state index contributed by atoms with van der Waals surface area (Å²) in [5.41, 5.74) is 0.313. The van der Waals surface area contributed by atoms with Gasteiger partial charge in [0, 0.05) is 39.4 Å². The van der Waals surface area contributed by atoms with E-state index in [1.165, 1.54) is 27.9 Å². The standard InChI is InChI=1S/C31H44O12/c1-8-9-15-37-27-18(3)25(23(16-38-20(5)33)40-30(27)39-21(6)34)43-31-28(41-29(35)22-13-11-10-12-14-22)26(36-7)17(2)24(42-31)19(4)32/h10-14,17-18,23-28,30-31H,8-9,15-16H2,1-7H3/t17-,18-,23?,24?,25-,26+,27?,28?,30?,31-/m0/s1. The summed E-state index contributed by atoms with van der Waals surface area (Å²) >= 11 is 0. The van der Waals surface area contributed by atoms with Gasteiger partial charge in [-0.15, -0.1) is 0 Å². The molecule has 0 amide bonds. The van der Waals surface area contributed by atoms with Gasteiger partial charge in [0.05, 0.1) is 11.7 Å². The Balaban J connectivity index is 1.98. The molecule has 2 aliphatic heterocycles. The molecule has 0 aromatic heterocycles. The molecule has 0 spiro atoms. The van der Waals surface area contributed by atoms with E-state index < -0.39 is 78.9 Å². The molecule has 10 atom stereocenters. The maximum absolute atomic E-state index is 13.2. The number of Topliss-reactive ketones (excluding diaryl/α,β-unsaturated/α-hetero) is 1. The molecule has 1 aromatic carbocycles. The summed E-state index contributed by atoms with van der Waals surface area (Å²) in [5, 5.41) is 0. The fraction of sp³-hybridized carbons (Fsp3) is 0.677. The van der Waals surface area contributed by atoms with Crippen LogP contribution in [-0.2, 0) is 52.3 Å². The molecule has 43 heavy (non-hydrogen) atoms. The second-order valence-electron chi connectivity index (χ2n) is 10.9. The average molecular weight is 609 g/mol. The van der Waals surface area contributed by atoms with Gasteiger partial charge in [0.15, 0.2) is 18.2 Å². The minimum atomic E-state index is -1.28. The molecule has 3 rings (SSSR count). The number of carbonyl (C=O) groups is 4. The van der Waals surface area contributed by atoms with Crippen molar-refractivity contribution < 1.29 is 57.1 Å². The molecular weight excluding hydrogens is 564 g/mol. The van der Waals surface area contributed by atoms with E-state index in [0.717, 1.165) is 12.8 Å². The highest BCUT2D eigenvalue weighted by Gasteiger charge is 2.53. The number of methoxy groups -OCH3 is 1. The van der Waals surface area contributed by atoms with Gasteiger partial charge in [0.2, 0.25) is 6.29 Å². The number of unbranched alkanes of at least 4 members (excludes halogenated alkanes) is 1. The Morgan fingerprint density at radius 2 is 1.51 bits per heavy atom. The number of ether oxygens (including phenoxy) is 8. The van der Waals surface area contributed by atoms with Crippen LogP contribution in [0, 0.1) is 11.8 Å². The van der Waals surface area contributed by atoms with Crippen LogP contribution in [0.2, 0.25) is 0 Å². The van der Waals surface area contributed by atoms with E-state index in [9.17, 15) is 19.2 Å². The predicted octanol–water partition coefficient (Wildman–Crippen LogP) is 3.23. The monoisotopic (exact) mass is 608 g/mol. The molecule has 2 heterocycles. The number of esters is 3. The van der Waals surface area contributed by atoms with Gasteiger partial charge in [-0.3, -0.25) is 14.4 Å². The lowest BCUT2D eigenvalue weighted by molar-refractivity contribution is -0.342. The van der Waals surface area contributed by atoms with Crippen LogP contribution in [0.3, 0.4) is 0 Å². The molecule has 2 fully saturated rings. The van der Waals surface area contributed by atoms with Gasteiger partial charge in [0.1, 0.15) is 31.0 Å². The first-order valence-corrected chi connectivity index (χ1v) is 14.7. The van der Waals surface area contributed by atoms with E-state index in [1.54, 1.807) is 37.3 Å². The zero-order valence-corrected chi connectivity index (χ0v) is 25.9. The summed E-state index contributed by atoms with van der Waals surface area (Å²) < 4.78 is 47.3. The van der Waals surface area contributed by atoms with Crippen molar-refractivity contribution in [3.63, 3.8) is 0 Å². The molecular formula is C31H44O12. The SMILES string of the molecule is CCCCOC1C(OC(C)=O)OC(COC(C)=O)[C@@H](O[C@@H]2OC(C(C)=O)[C@H](C)[C@@H](OC)C2OC(=O)c2ccccc2)[C@@H]1C. The van der Waals surface area contributed by atoms with Gasteiger partial charge < -0.3 is 37.9 Å². The molecule has 0 bridgehead atoms. The lowest BCUT2D eigenvalue weighted by atomic mass is 9.87. The molecule has 2 aliphatic rings. The molecule has 1 aromatic rings. The number of benzene rings is 1. The molecule has 12 nitrogen and oxygen atoms in total. The zero-order valence-electron chi connectivity index (χ0n) is 25.9. The minimum absolute atomic E-state index is 0.231. The summed E-state index contributed by atoms with van der Waals surface area (Å²) in [5.74, 6) is -2.98. The van der Waals surface area contributed by atoms with Gasteiger partial charge in [-0.1, -0.05) is 45.4 Å². The summed E-state index contributed by atoms with van der Waals surface area (Å²) in [4.78, 5) is 49.5. The Morgan fingerprint density at radius 1 is 0.814 bits per heavy atom. The van der Waals surface area contributed by atoms with Gasteiger partial charge >= 0.3 is 17.9 Å². The second-order valence-corrected chi connectivity index (χ2v) is 10.9. The summed E-state index contributed by atoms with van der Waals surface area (Å²) in [7, 11) is 1.46. The molecule has 0 radical (unpaired) electrons. The topological polar surface area (TPSA) is 142 Å². The Kier molecular flexibility index (Phi) is 13.1. The number of hydrogen-bond donors (Lipinski definition) is 0. The van der Waals surface area contributed by atoms with Crippen LogP contribution < -0.4 is 0 Å². The highest BCUT2D eigenvalue weighted by Crippen LogP contribution is 2.37. The van der Waals surface area contributed by atoms with Crippen LogP contribution in [0.15, 0.2) is 30.3 Å². The maximum atomic E-state index is 13.2. The van der Waals surface area contributed by atoms with Crippen molar-refractivity contribution >= 4 is 23.7 Å². The highest BCUT2D eigenvalue weighted by atomic mass is 16.8. The van der Waals surface area contributed by atoms with E-state index in [0.29, 0.717) is 12.2 Å². The van der Waals surface area contributed by atoms with Crippen LogP contribution in [0.25, 0.3) is 0 Å². The third kappa shape index (κ3) is 9.05. The molecule has 0 saturated carbocycles. The zero-order chi connectivity index (χ0) is 31.7. The van der Waals surface area contributed by atoms with Crippen molar-refractivity contribution in [1.29, 1.82) is 0 Å². The Labute approximate surface area is 252 Å². The van der Waals surface area contributed by atoms with Crippen molar-refractivity contribution in [1.82, 2.24) is 0 Å². The minimum Gasteiger partial charge on any atom is -0.463 e. The lowest BCUT2D eigenvalue weighted by Crippen LogP contribution is -2.63. The molecule has 12 heteroatoms. The van der Waals surface area contributed by atoms with E-state index in [2.05, 4.69) is 0 Å². The van der Waals surface area contributed by atoms with Crippen molar-refractivity contribution in [3.05, 3.63) is 35.9 Å². The van der Waals surface area contributed by atoms with Crippen LogP contribution in [0.1, 0.15) is 64.7 Å². The fourth-order valence-electron chi connectivity index (χ4n) is 5.44. The average Bonchev–Trinajstić information content (AvgIpc) is 2.96. The lowest BCUT2D eigenvalue weighted by Gasteiger charge is -2.48. The van der Waals surface area contributed by atoms with Crippen molar-refractivity contribution in [3.8, 4) is 0 Å². The summed E-state index contributed by atoms with van der Waals surface area (Å²) in [6.07, 6.45) is -6.06. The summed E-state index contributed by atoms with van der Waals surface area (Å²) in [6.45, 7) is 9.68. The van der Waals surface area contributed by atoms with Crippen molar-refractivity contribution in [2.24, 2.45) is 11.8 Å². The third-order valence-corrected chi connectivity index (χ3v) is 7.61. The number of rotatable bonds is 13. The normalized spacial score (nSPS) is 32.4. The van der Waals surface area contributed by atoms with E-state index in [-0.39, 0.29) is 12.4 Å².